The van der Waals surface area contributed by atoms with Crippen molar-refractivity contribution in [2.75, 3.05) is 11.9 Å². The molecule has 2 aliphatic rings. The van der Waals surface area contributed by atoms with Crippen LogP contribution in [0.1, 0.15) is 40.0 Å². The van der Waals surface area contributed by atoms with Gasteiger partial charge in [0.2, 0.25) is 0 Å². The normalized spacial score (nSPS) is 28.7. The van der Waals surface area contributed by atoms with Crippen LogP contribution in [0.2, 0.25) is 5.15 Å². The van der Waals surface area contributed by atoms with Gasteiger partial charge in [0.15, 0.2) is 0 Å². The second-order valence-electron chi connectivity index (χ2n) is 7.88. The molecule has 0 aliphatic carbocycles. The topological polar surface area (TPSA) is 70.6 Å². The van der Waals surface area contributed by atoms with Crippen LogP contribution in [0.5, 0.6) is 0 Å². The van der Waals surface area contributed by atoms with E-state index in [-0.39, 0.29) is 18.1 Å². The van der Waals surface area contributed by atoms with E-state index in [2.05, 4.69) is 15.4 Å². The summed E-state index contributed by atoms with van der Waals surface area (Å²) in [6.45, 7) is 5.40. The minimum atomic E-state index is -1.13. The molecule has 9 heteroatoms. The van der Waals surface area contributed by atoms with Gasteiger partial charge in [0.25, 0.3) is 0 Å². The second-order valence-corrected chi connectivity index (χ2v) is 8.26. The number of hydrogen-bond donors (Lipinski definition) is 1. The van der Waals surface area contributed by atoms with Crippen molar-refractivity contribution >= 4 is 23.5 Å². The number of nitrogens with zero attached hydrogens (tertiary/aromatic N) is 4. The summed E-state index contributed by atoms with van der Waals surface area (Å²) >= 11 is 5.78. The Morgan fingerprint density at radius 2 is 2.12 bits per heavy atom. The highest BCUT2D eigenvalue weighted by Gasteiger charge is 2.50. The average Bonchev–Trinajstić information content (AvgIpc) is 2.83. The van der Waals surface area contributed by atoms with E-state index in [1.165, 1.54) is 6.20 Å². The Morgan fingerprint density at radius 1 is 1.38 bits per heavy atom. The van der Waals surface area contributed by atoms with Gasteiger partial charge in [-0.25, -0.2) is 24.2 Å². The number of halogens is 2. The Balaban J connectivity index is 1.69. The van der Waals surface area contributed by atoms with Crippen LogP contribution in [0, 0.1) is 0 Å². The number of fused-ring (bicyclic) bond motifs is 2. The van der Waals surface area contributed by atoms with Crippen LogP contribution in [-0.4, -0.2) is 58.0 Å². The summed E-state index contributed by atoms with van der Waals surface area (Å²) < 4.78 is 20.5. The van der Waals surface area contributed by atoms with E-state index in [0.29, 0.717) is 23.8 Å². The highest BCUT2D eigenvalue weighted by atomic mass is 35.5. The van der Waals surface area contributed by atoms with Crippen LogP contribution in [0.4, 0.5) is 15.0 Å². The predicted molar refractivity (Wildman–Crippen MR) is 96.8 cm³/mol. The Bertz CT molecular complexity index is 654. The van der Waals surface area contributed by atoms with Gasteiger partial charge in [0, 0.05) is 13.1 Å². The summed E-state index contributed by atoms with van der Waals surface area (Å²) in [5.41, 5.74) is 2.15. The number of ether oxygens (including phenoxy) is 1. The first-order valence-corrected chi connectivity index (χ1v) is 9.16. The van der Waals surface area contributed by atoms with E-state index < -0.39 is 17.9 Å². The van der Waals surface area contributed by atoms with Gasteiger partial charge in [-0.1, -0.05) is 11.6 Å². The van der Waals surface area contributed by atoms with E-state index >= 15 is 4.39 Å². The first kappa shape index (κ1) is 19.1. The highest BCUT2D eigenvalue weighted by molar-refractivity contribution is 6.29. The number of alkyl halides is 1. The highest BCUT2D eigenvalue weighted by Crippen LogP contribution is 2.38. The second kappa shape index (κ2) is 7.15. The van der Waals surface area contributed by atoms with E-state index in [0.717, 1.165) is 6.42 Å². The molecule has 1 amide bonds. The number of carbonyl (C=O) groups is 1. The number of amides is 1. The van der Waals surface area contributed by atoms with Crippen molar-refractivity contribution in [1.29, 1.82) is 0 Å². The smallest absolute Gasteiger partial charge is 0.422 e. The first-order chi connectivity index (χ1) is 12.2. The number of hydrogen-bond acceptors (Lipinski definition) is 6. The summed E-state index contributed by atoms with van der Waals surface area (Å²) in [5, 5.41) is 2.03. The molecule has 0 aromatic carbocycles. The van der Waals surface area contributed by atoms with Gasteiger partial charge in [0.05, 0.1) is 24.5 Å². The predicted octanol–water partition coefficient (Wildman–Crippen LogP) is 2.95. The Kier molecular flexibility index (Phi) is 5.25. The molecule has 1 aromatic rings. The molecule has 0 unspecified atom stereocenters. The summed E-state index contributed by atoms with van der Waals surface area (Å²) in [6.07, 6.45) is 3.42. The fourth-order valence-electron chi connectivity index (χ4n) is 3.73. The maximum absolute atomic E-state index is 15.2. The standard InChI is InChI=1S/C17H25ClFN5O2/c1-17(2,3)26-16(25)22-24-10-5-6-11(24)15(19)12(7-10)23(4)14-9-20-13(18)8-21-14/h8-12,15H,5-7H2,1-4H3,(H,22,25)/t10-,11+,12-,15+/m1/s1. The fraction of sp³-hybridized carbons (Fsp3) is 0.706. The zero-order valence-corrected chi connectivity index (χ0v) is 16.2. The molecule has 2 saturated heterocycles. The van der Waals surface area contributed by atoms with Gasteiger partial charge in [-0.2, -0.15) is 0 Å². The van der Waals surface area contributed by atoms with Crippen molar-refractivity contribution in [1.82, 2.24) is 20.4 Å². The zero-order chi connectivity index (χ0) is 19.1. The van der Waals surface area contributed by atoms with Crippen molar-refractivity contribution in [2.24, 2.45) is 0 Å². The van der Waals surface area contributed by atoms with Crippen LogP contribution in [0.25, 0.3) is 0 Å². The lowest BCUT2D eigenvalue weighted by Gasteiger charge is -2.44. The minimum absolute atomic E-state index is 0.0622. The molecular formula is C17H25ClFN5O2. The zero-order valence-electron chi connectivity index (χ0n) is 15.4. The van der Waals surface area contributed by atoms with E-state index in [1.807, 2.05) is 11.9 Å². The van der Waals surface area contributed by atoms with Crippen molar-refractivity contribution in [3.63, 3.8) is 0 Å². The maximum atomic E-state index is 15.2. The van der Waals surface area contributed by atoms with Gasteiger partial charge in [-0.05, 0) is 40.0 Å². The van der Waals surface area contributed by atoms with Gasteiger partial charge >= 0.3 is 6.09 Å². The quantitative estimate of drug-likeness (QED) is 0.862. The third kappa shape index (κ3) is 4.01. The lowest BCUT2D eigenvalue weighted by molar-refractivity contribution is -0.0116. The third-order valence-electron chi connectivity index (χ3n) is 4.88. The van der Waals surface area contributed by atoms with Gasteiger partial charge in [-0.3, -0.25) is 5.43 Å². The number of hydrazine groups is 1. The number of anilines is 1. The number of carbonyl (C=O) groups excluding carboxylic acids is 1. The van der Waals surface area contributed by atoms with E-state index in [9.17, 15) is 4.79 Å². The molecule has 7 nitrogen and oxygen atoms in total. The number of rotatable bonds is 3. The molecular weight excluding hydrogens is 361 g/mol. The van der Waals surface area contributed by atoms with Crippen molar-refractivity contribution in [3.8, 4) is 0 Å². The molecule has 2 bridgehead atoms. The fourth-order valence-corrected chi connectivity index (χ4v) is 3.83. The van der Waals surface area contributed by atoms with Gasteiger partial charge in [0.1, 0.15) is 22.7 Å². The molecule has 1 aromatic heterocycles. The summed E-state index contributed by atoms with van der Waals surface area (Å²) in [5.74, 6) is 0.579. The van der Waals surface area contributed by atoms with Gasteiger partial charge < -0.3 is 9.64 Å². The molecule has 0 radical (unpaired) electrons. The number of nitrogens with one attached hydrogen (secondary N) is 1. The lowest BCUT2D eigenvalue weighted by Crippen LogP contribution is -2.62. The SMILES string of the molecule is CN(c1cnc(Cl)cn1)[C@@H]1C[C@H]2CC[C@@H]([C@@H]1F)N2NC(=O)OC(C)(C)C. The molecule has 1 N–H and O–H groups in total. The van der Waals surface area contributed by atoms with Crippen LogP contribution in [0.15, 0.2) is 12.4 Å². The maximum Gasteiger partial charge on any atom is 0.422 e. The van der Waals surface area contributed by atoms with Crippen molar-refractivity contribution in [2.45, 2.75) is 69.9 Å². The molecule has 3 rings (SSSR count). The minimum Gasteiger partial charge on any atom is -0.443 e. The van der Waals surface area contributed by atoms with Gasteiger partial charge in [-0.15, -0.1) is 0 Å². The van der Waals surface area contributed by atoms with Crippen molar-refractivity contribution < 1.29 is 13.9 Å². The summed E-state index contributed by atoms with van der Waals surface area (Å²) in [4.78, 5) is 22.1. The average molecular weight is 386 g/mol. The largest absolute Gasteiger partial charge is 0.443 e. The van der Waals surface area contributed by atoms with Crippen LogP contribution < -0.4 is 10.3 Å². The number of aromatic nitrogens is 2. The monoisotopic (exact) mass is 385 g/mol. The Morgan fingerprint density at radius 3 is 2.73 bits per heavy atom. The van der Waals surface area contributed by atoms with Crippen LogP contribution in [-0.2, 0) is 4.74 Å². The third-order valence-corrected chi connectivity index (χ3v) is 5.08. The first-order valence-electron chi connectivity index (χ1n) is 8.78. The molecule has 26 heavy (non-hydrogen) atoms. The van der Waals surface area contributed by atoms with Crippen LogP contribution in [0.3, 0.4) is 0 Å². The van der Waals surface area contributed by atoms with Crippen LogP contribution >= 0.6 is 11.6 Å². The number of piperidine rings is 1. The Labute approximate surface area is 157 Å². The molecule has 2 aliphatic heterocycles. The molecule has 4 atom stereocenters. The van der Waals surface area contributed by atoms with E-state index in [1.54, 1.807) is 32.0 Å². The summed E-state index contributed by atoms with van der Waals surface area (Å²) in [6, 6.07) is -0.652. The summed E-state index contributed by atoms with van der Waals surface area (Å²) in [7, 11) is 1.81. The van der Waals surface area contributed by atoms with Crippen molar-refractivity contribution in [3.05, 3.63) is 17.5 Å². The lowest BCUT2D eigenvalue weighted by atomic mass is 9.95. The Hall–Kier alpha value is -1.67. The molecule has 0 spiro atoms. The molecule has 3 heterocycles. The molecule has 0 saturated carbocycles. The molecule has 2 fully saturated rings. The van der Waals surface area contributed by atoms with E-state index in [4.69, 9.17) is 16.3 Å². The molecule has 144 valence electrons.